The first kappa shape index (κ1) is 12.5. The minimum atomic E-state index is -0.626. The molecule has 0 fully saturated rings. The quantitative estimate of drug-likeness (QED) is 0.628. The minimum absolute atomic E-state index is 0.0414. The molecule has 0 aromatic carbocycles. The van der Waals surface area contributed by atoms with E-state index in [4.69, 9.17) is 0 Å². The number of hydrogen-bond acceptors (Lipinski definition) is 7. The highest BCUT2D eigenvalue weighted by molar-refractivity contribution is 6.07. The molecule has 2 heterocycles. The fourth-order valence-corrected chi connectivity index (χ4v) is 1.39. The van der Waals surface area contributed by atoms with Crippen molar-refractivity contribution >= 4 is 23.2 Å². The third kappa shape index (κ3) is 2.65. The topological polar surface area (TPSA) is 123 Å². The second-order valence-electron chi connectivity index (χ2n) is 3.44. The van der Waals surface area contributed by atoms with E-state index in [9.17, 15) is 14.9 Å². The maximum atomic E-state index is 12.0. The maximum absolute atomic E-state index is 12.0. The number of hydrogen-bond donors (Lipinski definition) is 2. The van der Waals surface area contributed by atoms with Gasteiger partial charge in [0, 0.05) is 19.2 Å². The smallest absolute Gasteiger partial charge is 0.288 e. The molecular formula is C10H9N5O4. The summed E-state index contributed by atoms with van der Waals surface area (Å²) in [6, 6.07) is 2.58. The molecule has 19 heavy (non-hydrogen) atoms. The van der Waals surface area contributed by atoms with Gasteiger partial charge in [0.15, 0.2) is 5.82 Å². The van der Waals surface area contributed by atoms with Crippen molar-refractivity contribution in [2.75, 3.05) is 17.7 Å². The Hall–Kier alpha value is -2.97. The molecule has 0 saturated carbocycles. The summed E-state index contributed by atoms with van der Waals surface area (Å²) >= 11 is 0. The molecule has 0 saturated heterocycles. The largest absolute Gasteiger partial charge is 0.372 e. The number of nitrogens with zero attached hydrogens (tertiary/aromatic N) is 3. The Kier molecular flexibility index (Phi) is 3.37. The molecule has 0 aliphatic rings. The number of nitro groups is 1. The third-order valence-corrected chi connectivity index (χ3v) is 2.24. The molecule has 2 N–H and O–H groups in total. The maximum Gasteiger partial charge on any atom is 0.288 e. The monoisotopic (exact) mass is 263 g/mol. The van der Waals surface area contributed by atoms with Gasteiger partial charge in [-0.2, -0.15) is 0 Å². The average molecular weight is 263 g/mol. The summed E-state index contributed by atoms with van der Waals surface area (Å²) in [5.41, 5.74) is -0.232. The van der Waals surface area contributed by atoms with E-state index in [1.54, 1.807) is 7.05 Å². The number of anilines is 2. The van der Waals surface area contributed by atoms with Crippen LogP contribution < -0.4 is 10.6 Å². The fraction of sp³-hybridized carbons (Fsp3) is 0.100. The van der Waals surface area contributed by atoms with Gasteiger partial charge < -0.3 is 15.2 Å². The molecule has 0 aliphatic carbocycles. The van der Waals surface area contributed by atoms with Crippen LogP contribution in [0.25, 0.3) is 0 Å². The zero-order valence-corrected chi connectivity index (χ0v) is 9.78. The Balaban J connectivity index is 2.33. The van der Waals surface area contributed by atoms with Gasteiger partial charge in [0.2, 0.25) is 0 Å². The molecule has 0 atom stereocenters. The normalized spacial score (nSPS) is 9.95. The average Bonchev–Trinajstić information content (AvgIpc) is 2.90. The molecule has 0 radical (unpaired) electrons. The summed E-state index contributed by atoms with van der Waals surface area (Å²) in [7, 11) is 1.56. The number of aromatic nitrogens is 2. The van der Waals surface area contributed by atoms with E-state index in [2.05, 4.69) is 25.3 Å². The predicted molar refractivity (Wildman–Crippen MR) is 64.9 cm³/mol. The molecule has 1 amide bonds. The van der Waals surface area contributed by atoms with E-state index >= 15 is 0 Å². The summed E-state index contributed by atoms with van der Waals surface area (Å²) in [6.45, 7) is 0. The Bertz CT molecular complexity index is 610. The number of pyridine rings is 1. The van der Waals surface area contributed by atoms with Gasteiger partial charge in [0.05, 0.1) is 10.5 Å². The lowest BCUT2D eigenvalue weighted by Crippen LogP contribution is -2.15. The van der Waals surface area contributed by atoms with Gasteiger partial charge in [0.1, 0.15) is 18.3 Å². The molecule has 2 rings (SSSR count). The molecule has 9 heteroatoms. The first-order valence-electron chi connectivity index (χ1n) is 5.15. The number of amides is 1. The van der Waals surface area contributed by atoms with Crippen molar-refractivity contribution in [1.29, 1.82) is 0 Å². The van der Waals surface area contributed by atoms with Gasteiger partial charge in [-0.15, -0.1) is 0 Å². The van der Waals surface area contributed by atoms with Crippen molar-refractivity contribution < 1.29 is 14.2 Å². The van der Waals surface area contributed by atoms with Crippen molar-refractivity contribution in [2.45, 2.75) is 0 Å². The lowest BCUT2D eigenvalue weighted by atomic mass is 10.2. The SMILES string of the molecule is CNc1ncc([N+](=O)[O-])cc1C(=O)Nc1ccon1. The summed E-state index contributed by atoms with van der Waals surface area (Å²) in [4.78, 5) is 25.8. The predicted octanol–water partition coefficient (Wildman–Crippen LogP) is 1.27. The molecule has 0 bridgehead atoms. The van der Waals surface area contributed by atoms with Crippen LogP contribution in [-0.2, 0) is 0 Å². The highest BCUT2D eigenvalue weighted by Crippen LogP contribution is 2.19. The van der Waals surface area contributed by atoms with E-state index in [-0.39, 0.29) is 22.9 Å². The molecule has 2 aromatic rings. The van der Waals surface area contributed by atoms with Crippen LogP contribution >= 0.6 is 0 Å². The third-order valence-electron chi connectivity index (χ3n) is 2.24. The van der Waals surface area contributed by atoms with Crippen molar-refractivity contribution in [3.63, 3.8) is 0 Å². The molecule has 0 spiro atoms. The van der Waals surface area contributed by atoms with Gasteiger partial charge in [-0.25, -0.2) is 4.98 Å². The Morgan fingerprint density at radius 2 is 2.32 bits per heavy atom. The van der Waals surface area contributed by atoms with Gasteiger partial charge in [0.25, 0.3) is 11.6 Å². The Morgan fingerprint density at radius 1 is 1.53 bits per heavy atom. The van der Waals surface area contributed by atoms with Crippen molar-refractivity contribution in [2.24, 2.45) is 0 Å². The molecule has 0 aliphatic heterocycles. The van der Waals surface area contributed by atoms with E-state index in [1.165, 1.54) is 12.3 Å². The lowest BCUT2D eigenvalue weighted by molar-refractivity contribution is -0.385. The van der Waals surface area contributed by atoms with Crippen LogP contribution in [-0.4, -0.2) is 28.0 Å². The Labute approximate surface area is 106 Å². The van der Waals surface area contributed by atoms with E-state index in [1.807, 2.05) is 0 Å². The standard InChI is InChI=1S/C10H9N5O4/c1-11-9-7(4-6(5-12-9)15(17)18)10(16)13-8-2-3-19-14-8/h2-5H,1H3,(H,11,12)(H,13,14,16). The lowest BCUT2D eigenvalue weighted by Gasteiger charge is -2.06. The first-order chi connectivity index (χ1) is 9.11. The molecule has 9 nitrogen and oxygen atoms in total. The van der Waals surface area contributed by atoms with Crippen molar-refractivity contribution in [1.82, 2.24) is 10.1 Å². The van der Waals surface area contributed by atoms with Gasteiger partial charge in [-0.3, -0.25) is 14.9 Å². The summed E-state index contributed by atoms with van der Waals surface area (Å²) < 4.78 is 4.57. The van der Waals surface area contributed by atoms with Gasteiger partial charge >= 0.3 is 0 Å². The van der Waals surface area contributed by atoms with Crippen LogP contribution in [0, 0.1) is 10.1 Å². The number of carbonyl (C=O) groups excluding carboxylic acids is 1. The highest BCUT2D eigenvalue weighted by Gasteiger charge is 2.18. The summed E-state index contributed by atoms with van der Waals surface area (Å²) in [5, 5.41) is 19.3. The zero-order chi connectivity index (χ0) is 13.8. The Morgan fingerprint density at radius 3 is 2.89 bits per heavy atom. The van der Waals surface area contributed by atoms with Crippen LogP contribution in [0.4, 0.5) is 17.3 Å². The first-order valence-corrected chi connectivity index (χ1v) is 5.15. The molecule has 0 unspecified atom stereocenters. The molecule has 2 aromatic heterocycles. The fourth-order valence-electron chi connectivity index (χ4n) is 1.39. The van der Waals surface area contributed by atoms with Crippen LogP contribution in [0.5, 0.6) is 0 Å². The van der Waals surface area contributed by atoms with Crippen LogP contribution in [0.2, 0.25) is 0 Å². The van der Waals surface area contributed by atoms with Crippen molar-refractivity contribution in [3.05, 3.63) is 40.3 Å². The van der Waals surface area contributed by atoms with E-state index < -0.39 is 10.8 Å². The van der Waals surface area contributed by atoms with E-state index in [0.717, 1.165) is 12.3 Å². The minimum Gasteiger partial charge on any atom is -0.372 e. The number of rotatable bonds is 4. The van der Waals surface area contributed by atoms with E-state index in [0.29, 0.717) is 0 Å². The van der Waals surface area contributed by atoms with Gasteiger partial charge in [-0.05, 0) is 0 Å². The summed E-state index contributed by atoms with van der Waals surface area (Å²) in [6.07, 6.45) is 2.36. The van der Waals surface area contributed by atoms with Gasteiger partial charge in [-0.1, -0.05) is 5.16 Å². The molecular weight excluding hydrogens is 254 g/mol. The molecule has 98 valence electrons. The zero-order valence-electron chi connectivity index (χ0n) is 9.78. The van der Waals surface area contributed by atoms with Crippen LogP contribution in [0.3, 0.4) is 0 Å². The summed E-state index contributed by atoms with van der Waals surface area (Å²) in [5.74, 6) is -0.139. The second kappa shape index (κ2) is 5.12. The second-order valence-corrected chi connectivity index (χ2v) is 3.44. The number of nitrogens with one attached hydrogen (secondary N) is 2. The van der Waals surface area contributed by atoms with Crippen LogP contribution in [0.15, 0.2) is 29.1 Å². The van der Waals surface area contributed by atoms with Crippen molar-refractivity contribution in [3.8, 4) is 0 Å². The van der Waals surface area contributed by atoms with Crippen LogP contribution in [0.1, 0.15) is 10.4 Å². The highest BCUT2D eigenvalue weighted by atomic mass is 16.6. The number of carbonyl (C=O) groups is 1.